The Hall–Kier alpha value is -1.35. The van der Waals surface area contributed by atoms with Gasteiger partial charge >= 0.3 is 5.97 Å². The standard InChI is InChI=1S/C15H21NO2/c1-16(2)10-11-3-5-12(6-4-11)14(9-15(17)18)13-7-8-13/h3-6,13-14H,7-10H2,1-2H3,(H,17,18). The molecule has 0 aromatic heterocycles. The second-order valence-electron chi connectivity index (χ2n) is 5.52. The molecule has 0 amide bonds. The van der Waals surface area contributed by atoms with E-state index in [0.717, 1.165) is 6.54 Å². The zero-order valence-electron chi connectivity index (χ0n) is 11.1. The van der Waals surface area contributed by atoms with E-state index in [1.165, 1.54) is 24.0 Å². The molecule has 1 aromatic rings. The topological polar surface area (TPSA) is 40.5 Å². The monoisotopic (exact) mass is 247 g/mol. The van der Waals surface area contributed by atoms with Gasteiger partial charge in [-0.05, 0) is 49.9 Å². The van der Waals surface area contributed by atoms with Gasteiger partial charge < -0.3 is 10.0 Å². The summed E-state index contributed by atoms with van der Waals surface area (Å²) < 4.78 is 0. The smallest absolute Gasteiger partial charge is 0.303 e. The lowest BCUT2D eigenvalue weighted by atomic mass is 9.90. The highest BCUT2D eigenvalue weighted by atomic mass is 16.4. The molecule has 18 heavy (non-hydrogen) atoms. The predicted molar refractivity (Wildman–Crippen MR) is 71.6 cm³/mol. The summed E-state index contributed by atoms with van der Waals surface area (Å²) in [6.45, 7) is 0.924. The number of nitrogens with zero attached hydrogens (tertiary/aromatic N) is 1. The van der Waals surface area contributed by atoms with Crippen LogP contribution in [0.2, 0.25) is 0 Å². The first kappa shape index (κ1) is 13.1. The van der Waals surface area contributed by atoms with Gasteiger partial charge in [0.25, 0.3) is 0 Å². The van der Waals surface area contributed by atoms with E-state index >= 15 is 0 Å². The Kier molecular flexibility index (Phi) is 4.02. The molecule has 1 aliphatic carbocycles. The highest BCUT2D eigenvalue weighted by Crippen LogP contribution is 2.44. The number of hydrogen-bond donors (Lipinski definition) is 1. The minimum atomic E-state index is -0.690. The molecule has 1 fully saturated rings. The molecule has 2 rings (SSSR count). The molecular weight excluding hydrogens is 226 g/mol. The number of rotatable bonds is 6. The molecule has 3 nitrogen and oxygen atoms in total. The zero-order chi connectivity index (χ0) is 13.1. The first-order chi connectivity index (χ1) is 8.56. The van der Waals surface area contributed by atoms with E-state index in [-0.39, 0.29) is 12.3 Å². The van der Waals surface area contributed by atoms with Crippen molar-refractivity contribution in [2.45, 2.75) is 31.7 Å². The fourth-order valence-corrected chi connectivity index (χ4v) is 2.48. The number of benzene rings is 1. The quantitative estimate of drug-likeness (QED) is 0.840. The van der Waals surface area contributed by atoms with Crippen molar-refractivity contribution in [1.82, 2.24) is 4.90 Å². The average Bonchev–Trinajstić information content (AvgIpc) is 3.10. The lowest BCUT2D eigenvalue weighted by Gasteiger charge is -2.16. The number of carboxylic acid groups (broad SMARTS) is 1. The SMILES string of the molecule is CN(C)Cc1ccc(C(CC(=O)O)C2CC2)cc1. The lowest BCUT2D eigenvalue weighted by molar-refractivity contribution is -0.137. The molecule has 1 N–H and O–H groups in total. The molecule has 0 radical (unpaired) electrons. The Balaban J connectivity index is 2.08. The molecule has 1 saturated carbocycles. The van der Waals surface area contributed by atoms with Crippen LogP contribution in [0.1, 0.15) is 36.3 Å². The van der Waals surface area contributed by atoms with Gasteiger partial charge in [0.1, 0.15) is 0 Å². The van der Waals surface area contributed by atoms with Crippen LogP contribution in [0.3, 0.4) is 0 Å². The highest BCUT2D eigenvalue weighted by Gasteiger charge is 2.33. The fourth-order valence-electron chi connectivity index (χ4n) is 2.48. The third-order valence-electron chi connectivity index (χ3n) is 3.49. The number of hydrogen-bond acceptors (Lipinski definition) is 2. The summed E-state index contributed by atoms with van der Waals surface area (Å²) in [5.74, 6) is 0.0981. The van der Waals surface area contributed by atoms with Crippen LogP contribution in [-0.2, 0) is 11.3 Å². The van der Waals surface area contributed by atoms with Crippen molar-refractivity contribution >= 4 is 5.97 Å². The van der Waals surface area contributed by atoms with Crippen LogP contribution in [0.4, 0.5) is 0 Å². The third kappa shape index (κ3) is 3.57. The molecule has 0 aliphatic heterocycles. The Morgan fingerprint density at radius 1 is 1.33 bits per heavy atom. The lowest BCUT2D eigenvalue weighted by Crippen LogP contribution is -2.11. The van der Waals surface area contributed by atoms with Crippen molar-refractivity contribution in [1.29, 1.82) is 0 Å². The number of carboxylic acids is 1. The van der Waals surface area contributed by atoms with Crippen LogP contribution in [0.5, 0.6) is 0 Å². The van der Waals surface area contributed by atoms with Crippen LogP contribution in [0.25, 0.3) is 0 Å². The van der Waals surface area contributed by atoms with Gasteiger partial charge in [0, 0.05) is 6.54 Å². The molecule has 98 valence electrons. The Morgan fingerprint density at radius 2 is 1.94 bits per heavy atom. The van der Waals surface area contributed by atoms with E-state index in [0.29, 0.717) is 5.92 Å². The van der Waals surface area contributed by atoms with Crippen molar-refractivity contribution < 1.29 is 9.90 Å². The van der Waals surface area contributed by atoms with Gasteiger partial charge in [-0.15, -0.1) is 0 Å². The fraction of sp³-hybridized carbons (Fsp3) is 0.533. The van der Waals surface area contributed by atoms with Crippen molar-refractivity contribution in [3.8, 4) is 0 Å². The van der Waals surface area contributed by atoms with Crippen LogP contribution < -0.4 is 0 Å². The highest BCUT2D eigenvalue weighted by molar-refractivity contribution is 5.68. The maximum absolute atomic E-state index is 10.9. The minimum Gasteiger partial charge on any atom is -0.481 e. The van der Waals surface area contributed by atoms with Gasteiger partial charge in [-0.1, -0.05) is 24.3 Å². The summed E-state index contributed by atoms with van der Waals surface area (Å²) in [6, 6.07) is 8.44. The van der Waals surface area contributed by atoms with Gasteiger partial charge in [0.05, 0.1) is 6.42 Å². The largest absolute Gasteiger partial charge is 0.481 e. The molecule has 3 heteroatoms. The second-order valence-corrected chi connectivity index (χ2v) is 5.52. The van der Waals surface area contributed by atoms with Crippen LogP contribution in [-0.4, -0.2) is 30.1 Å². The van der Waals surface area contributed by atoms with Crippen LogP contribution in [0, 0.1) is 5.92 Å². The molecule has 0 bridgehead atoms. The van der Waals surface area contributed by atoms with Crippen molar-refractivity contribution in [3.63, 3.8) is 0 Å². The third-order valence-corrected chi connectivity index (χ3v) is 3.49. The van der Waals surface area contributed by atoms with Gasteiger partial charge in [0.2, 0.25) is 0 Å². The maximum atomic E-state index is 10.9. The summed E-state index contributed by atoms with van der Waals surface area (Å²) in [7, 11) is 4.09. The molecule has 1 unspecified atom stereocenters. The normalized spacial score (nSPS) is 16.8. The Bertz CT molecular complexity index is 407. The molecule has 0 spiro atoms. The molecule has 0 saturated heterocycles. The van der Waals surface area contributed by atoms with E-state index in [9.17, 15) is 4.79 Å². The molecule has 1 aromatic carbocycles. The number of aliphatic carboxylic acids is 1. The van der Waals surface area contributed by atoms with Crippen LogP contribution >= 0.6 is 0 Å². The van der Waals surface area contributed by atoms with E-state index in [4.69, 9.17) is 5.11 Å². The molecular formula is C15H21NO2. The number of carbonyl (C=O) groups is 1. The predicted octanol–water partition coefficient (Wildman–Crippen LogP) is 2.72. The molecule has 1 aliphatic rings. The van der Waals surface area contributed by atoms with Gasteiger partial charge in [-0.25, -0.2) is 0 Å². The van der Waals surface area contributed by atoms with E-state index < -0.39 is 5.97 Å². The summed E-state index contributed by atoms with van der Waals surface area (Å²) in [5.41, 5.74) is 2.45. The average molecular weight is 247 g/mol. The van der Waals surface area contributed by atoms with E-state index in [2.05, 4.69) is 29.2 Å². The van der Waals surface area contributed by atoms with Crippen LogP contribution in [0.15, 0.2) is 24.3 Å². The molecule has 1 atom stereocenters. The maximum Gasteiger partial charge on any atom is 0.303 e. The molecule has 0 heterocycles. The van der Waals surface area contributed by atoms with Crippen molar-refractivity contribution in [2.24, 2.45) is 5.92 Å². The Labute approximate surface area is 108 Å². The van der Waals surface area contributed by atoms with Gasteiger partial charge in [-0.2, -0.15) is 0 Å². The zero-order valence-corrected chi connectivity index (χ0v) is 11.1. The summed E-state index contributed by atoms with van der Waals surface area (Å²) in [4.78, 5) is 13.1. The second kappa shape index (κ2) is 5.53. The van der Waals surface area contributed by atoms with Crippen molar-refractivity contribution in [3.05, 3.63) is 35.4 Å². The minimum absolute atomic E-state index is 0.205. The first-order valence-corrected chi connectivity index (χ1v) is 6.51. The van der Waals surface area contributed by atoms with Gasteiger partial charge in [0.15, 0.2) is 0 Å². The summed E-state index contributed by atoms with van der Waals surface area (Å²) >= 11 is 0. The van der Waals surface area contributed by atoms with Gasteiger partial charge in [-0.3, -0.25) is 4.79 Å². The van der Waals surface area contributed by atoms with E-state index in [1.807, 2.05) is 14.1 Å². The summed E-state index contributed by atoms with van der Waals surface area (Å²) in [6.07, 6.45) is 2.62. The Morgan fingerprint density at radius 3 is 2.39 bits per heavy atom. The van der Waals surface area contributed by atoms with Crippen molar-refractivity contribution in [2.75, 3.05) is 14.1 Å². The first-order valence-electron chi connectivity index (χ1n) is 6.51. The summed E-state index contributed by atoms with van der Waals surface area (Å²) in [5, 5.41) is 8.99. The van der Waals surface area contributed by atoms with E-state index in [1.54, 1.807) is 0 Å².